The maximum atomic E-state index is 14.1. The second kappa shape index (κ2) is 10.5. The van der Waals surface area contributed by atoms with Gasteiger partial charge < -0.3 is 4.74 Å². The van der Waals surface area contributed by atoms with Crippen LogP contribution in [-0.4, -0.2) is 29.5 Å². The van der Waals surface area contributed by atoms with Crippen molar-refractivity contribution in [2.75, 3.05) is 4.72 Å². The molecule has 0 fully saturated rings. The zero-order valence-electron chi connectivity index (χ0n) is 20.7. The summed E-state index contributed by atoms with van der Waals surface area (Å²) in [6.45, 7) is 5.48. The van der Waals surface area contributed by atoms with Crippen molar-refractivity contribution in [3.05, 3.63) is 106 Å². The SMILES string of the molecule is CC(C)(C)OC(=O)[C@](Cc1ccc(NS(=O)(=O)O)cc1)(c1ccccc1)c1nc(-c2ccccc2)cs1. The first kappa shape index (κ1) is 26.5. The lowest BCUT2D eigenvalue weighted by molar-refractivity contribution is -0.160. The molecule has 1 atom stereocenters. The fourth-order valence-corrected chi connectivity index (χ4v) is 5.49. The molecule has 0 saturated heterocycles. The van der Waals surface area contributed by atoms with Crippen LogP contribution in [0.2, 0.25) is 0 Å². The number of ether oxygens (including phenoxy) is 1. The van der Waals surface area contributed by atoms with Gasteiger partial charge in [0.15, 0.2) is 0 Å². The molecule has 0 amide bonds. The molecule has 1 aromatic heterocycles. The van der Waals surface area contributed by atoms with E-state index in [-0.39, 0.29) is 12.1 Å². The quantitative estimate of drug-likeness (QED) is 0.215. The van der Waals surface area contributed by atoms with Gasteiger partial charge in [0.25, 0.3) is 0 Å². The number of hydrogen-bond donors (Lipinski definition) is 2. The molecule has 9 heteroatoms. The van der Waals surface area contributed by atoms with Gasteiger partial charge in [0.2, 0.25) is 0 Å². The summed E-state index contributed by atoms with van der Waals surface area (Å²) >= 11 is 1.39. The van der Waals surface area contributed by atoms with Gasteiger partial charge in [-0.1, -0.05) is 72.8 Å². The van der Waals surface area contributed by atoms with Gasteiger partial charge in [-0.2, -0.15) is 8.42 Å². The minimum atomic E-state index is -4.40. The molecule has 0 aliphatic rings. The Labute approximate surface area is 221 Å². The third-order valence-corrected chi connectivity index (χ3v) is 7.12. The lowest BCUT2D eigenvalue weighted by Gasteiger charge is -2.33. The van der Waals surface area contributed by atoms with Gasteiger partial charge in [-0.15, -0.1) is 11.3 Å². The molecule has 0 aliphatic heterocycles. The van der Waals surface area contributed by atoms with Crippen molar-refractivity contribution >= 4 is 33.3 Å². The van der Waals surface area contributed by atoms with Gasteiger partial charge in [0.05, 0.1) is 11.4 Å². The van der Waals surface area contributed by atoms with Gasteiger partial charge in [-0.05, 0) is 50.5 Å². The zero-order chi connectivity index (χ0) is 26.7. The fourth-order valence-electron chi connectivity index (χ4n) is 4.02. The number of nitrogens with one attached hydrogen (secondary N) is 1. The van der Waals surface area contributed by atoms with Crippen molar-refractivity contribution in [2.45, 2.75) is 38.2 Å². The highest BCUT2D eigenvalue weighted by atomic mass is 32.2. The number of carbonyl (C=O) groups excluding carboxylic acids is 1. The molecule has 0 radical (unpaired) electrons. The average Bonchev–Trinajstić information content (AvgIpc) is 3.33. The molecule has 3 aromatic carbocycles. The van der Waals surface area contributed by atoms with Crippen LogP contribution in [0.1, 0.15) is 36.9 Å². The molecule has 4 aromatic rings. The van der Waals surface area contributed by atoms with Crippen LogP contribution in [0.25, 0.3) is 11.3 Å². The van der Waals surface area contributed by atoms with E-state index < -0.39 is 27.3 Å². The Morgan fingerprint density at radius 1 is 0.946 bits per heavy atom. The number of thiazole rings is 1. The predicted molar refractivity (Wildman–Crippen MR) is 146 cm³/mol. The number of aromatic nitrogens is 1. The third kappa shape index (κ3) is 6.43. The Hall–Kier alpha value is -3.53. The number of rotatable bonds is 8. The summed E-state index contributed by atoms with van der Waals surface area (Å²) in [4.78, 5) is 19.0. The van der Waals surface area contributed by atoms with E-state index in [4.69, 9.17) is 14.3 Å². The maximum Gasteiger partial charge on any atom is 0.357 e. The molecule has 2 N–H and O–H groups in total. The molecule has 37 heavy (non-hydrogen) atoms. The summed E-state index contributed by atoms with van der Waals surface area (Å²) < 4.78 is 39.5. The van der Waals surface area contributed by atoms with Crippen LogP contribution in [0.3, 0.4) is 0 Å². The van der Waals surface area contributed by atoms with Crippen molar-refractivity contribution < 1.29 is 22.5 Å². The van der Waals surface area contributed by atoms with Gasteiger partial charge >= 0.3 is 16.3 Å². The van der Waals surface area contributed by atoms with E-state index in [9.17, 15) is 13.2 Å². The number of anilines is 1. The Morgan fingerprint density at radius 3 is 2.11 bits per heavy atom. The van der Waals surface area contributed by atoms with E-state index in [1.807, 2.05) is 91.5 Å². The molecule has 0 unspecified atom stereocenters. The molecule has 4 rings (SSSR count). The summed E-state index contributed by atoms with van der Waals surface area (Å²) in [6, 6.07) is 25.7. The molecular weight excluding hydrogens is 508 g/mol. The number of benzene rings is 3. The van der Waals surface area contributed by atoms with Gasteiger partial charge in [0.1, 0.15) is 16.0 Å². The van der Waals surface area contributed by atoms with Gasteiger partial charge in [-0.25, -0.2) is 4.98 Å². The van der Waals surface area contributed by atoms with Crippen LogP contribution >= 0.6 is 11.3 Å². The summed E-state index contributed by atoms with van der Waals surface area (Å²) in [6.07, 6.45) is 0.222. The van der Waals surface area contributed by atoms with Gasteiger partial charge in [-0.3, -0.25) is 14.1 Å². The minimum absolute atomic E-state index is 0.203. The molecule has 0 aliphatic carbocycles. The van der Waals surface area contributed by atoms with E-state index in [1.54, 1.807) is 12.1 Å². The van der Waals surface area contributed by atoms with Crippen molar-refractivity contribution in [2.24, 2.45) is 0 Å². The first-order chi connectivity index (χ1) is 17.5. The molecule has 7 nitrogen and oxygen atoms in total. The topological polar surface area (TPSA) is 106 Å². The third-order valence-electron chi connectivity index (χ3n) is 5.62. The fraction of sp³-hybridized carbons (Fsp3) is 0.214. The van der Waals surface area contributed by atoms with Crippen LogP contribution < -0.4 is 4.72 Å². The second-order valence-electron chi connectivity index (χ2n) is 9.63. The largest absolute Gasteiger partial charge is 0.459 e. The molecule has 1 heterocycles. The average molecular weight is 537 g/mol. The standard InChI is InChI=1S/C28H28N2O5S2/c1-27(2,3)35-26(31)28(22-12-8-5-9-13-22,18-20-14-16-23(17-15-20)30-37(32,33)34)25-29-24(19-36-25)21-10-6-4-7-11-21/h4-17,19,30H,18H2,1-3H3,(H,32,33,34)/t28-/m1/s1. The monoisotopic (exact) mass is 536 g/mol. The summed E-state index contributed by atoms with van der Waals surface area (Å²) in [5.41, 5.74) is 1.40. The summed E-state index contributed by atoms with van der Waals surface area (Å²) in [5.74, 6) is -0.430. The summed E-state index contributed by atoms with van der Waals surface area (Å²) in [5, 5.41) is 2.53. The Balaban J connectivity index is 1.86. The van der Waals surface area contributed by atoms with Crippen molar-refractivity contribution in [1.82, 2.24) is 4.98 Å². The van der Waals surface area contributed by atoms with Crippen molar-refractivity contribution in [3.63, 3.8) is 0 Å². The number of nitrogens with zero attached hydrogens (tertiary/aromatic N) is 1. The van der Waals surface area contributed by atoms with Crippen LogP contribution in [0.4, 0.5) is 5.69 Å². The minimum Gasteiger partial charge on any atom is -0.459 e. The predicted octanol–water partition coefficient (Wildman–Crippen LogP) is 5.90. The smallest absolute Gasteiger partial charge is 0.357 e. The first-order valence-electron chi connectivity index (χ1n) is 11.6. The molecule has 0 saturated carbocycles. The van der Waals surface area contributed by atoms with E-state index in [1.165, 1.54) is 23.5 Å². The lowest BCUT2D eigenvalue weighted by Crippen LogP contribution is -2.44. The summed E-state index contributed by atoms with van der Waals surface area (Å²) in [7, 11) is -4.40. The van der Waals surface area contributed by atoms with Crippen LogP contribution in [-0.2, 0) is 31.7 Å². The second-order valence-corrected chi connectivity index (χ2v) is 11.6. The number of hydrogen-bond acceptors (Lipinski definition) is 6. The molecular formula is C28H28N2O5S2. The van der Waals surface area contributed by atoms with E-state index >= 15 is 0 Å². The lowest BCUT2D eigenvalue weighted by atomic mass is 9.75. The van der Waals surface area contributed by atoms with E-state index in [0.717, 1.165) is 22.4 Å². The molecule has 0 bridgehead atoms. The van der Waals surface area contributed by atoms with Gasteiger partial charge in [0, 0.05) is 10.9 Å². The molecule has 192 valence electrons. The van der Waals surface area contributed by atoms with Crippen LogP contribution in [0, 0.1) is 0 Å². The highest BCUT2D eigenvalue weighted by Gasteiger charge is 2.47. The first-order valence-corrected chi connectivity index (χ1v) is 13.9. The maximum absolute atomic E-state index is 14.1. The highest BCUT2D eigenvalue weighted by Crippen LogP contribution is 2.41. The van der Waals surface area contributed by atoms with Crippen LogP contribution in [0.5, 0.6) is 0 Å². The van der Waals surface area contributed by atoms with Crippen molar-refractivity contribution in [3.8, 4) is 11.3 Å². The Bertz CT molecular complexity index is 1460. The van der Waals surface area contributed by atoms with Crippen LogP contribution in [0.15, 0.2) is 90.3 Å². The highest BCUT2D eigenvalue weighted by molar-refractivity contribution is 7.87. The molecule has 0 spiro atoms. The van der Waals surface area contributed by atoms with E-state index in [0.29, 0.717) is 5.01 Å². The Kier molecular flexibility index (Phi) is 7.49. The number of carbonyl (C=O) groups is 1. The van der Waals surface area contributed by atoms with E-state index in [2.05, 4.69) is 0 Å². The van der Waals surface area contributed by atoms with Crippen molar-refractivity contribution in [1.29, 1.82) is 0 Å². The number of esters is 1. The Morgan fingerprint density at radius 2 is 1.54 bits per heavy atom. The zero-order valence-corrected chi connectivity index (χ0v) is 22.3. The normalized spacial score (nSPS) is 13.5.